The van der Waals surface area contributed by atoms with Crippen molar-refractivity contribution in [2.45, 2.75) is 33.1 Å². The number of carbonyl (C=O) groups excluding carboxylic acids is 1. The molecule has 2 aromatic heterocycles. The summed E-state index contributed by atoms with van der Waals surface area (Å²) in [5.74, 6) is -0.0855. The average Bonchev–Trinajstić information content (AvgIpc) is 3.04. The molecule has 1 amide bonds. The molecule has 184 valence electrons. The van der Waals surface area contributed by atoms with E-state index >= 15 is 0 Å². The normalized spacial score (nSPS) is 15.4. The first-order valence-corrected chi connectivity index (χ1v) is 13.7. The first kappa shape index (κ1) is 23.9. The van der Waals surface area contributed by atoms with Crippen LogP contribution in [-0.4, -0.2) is 36.6 Å². The molecule has 1 fully saturated rings. The van der Waals surface area contributed by atoms with Crippen molar-refractivity contribution in [3.8, 4) is 11.3 Å². The van der Waals surface area contributed by atoms with Crippen LogP contribution in [-0.2, 0) is 10.0 Å². The van der Waals surface area contributed by atoms with E-state index in [1.807, 2.05) is 50.2 Å². The van der Waals surface area contributed by atoms with Gasteiger partial charge in [-0.3, -0.25) is 14.1 Å². The number of hydrogen-bond donors (Lipinski definition) is 1. The second-order valence-corrected chi connectivity index (χ2v) is 11.2. The van der Waals surface area contributed by atoms with Gasteiger partial charge in [0.15, 0.2) is 0 Å². The molecule has 0 radical (unpaired) electrons. The Morgan fingerprint density at radius 2 is 1.81 bits per heavy atom. The number of aromatic nitrogens is 2. The van der Waals surface area contributed by atoms with Gasteiger partial charge in [0.25, 0.3) is 5.91 Å². The molecule has 0 unspecified atom stereocenters. The highest BCUT2D eigenvalue weighted by atomic mass is 32.2. The first-order chi connectivity index (χ1) is 17.3. The highest BCUT2D eigenvalue weighted by Gasteiger charge is 2.25. The van der Waals surface area contributed by atoms with E-state index in [-0.39, 0.29) is 11.7 Å². The van der Waals surface area contributed by atoms with Crippen molar-refractivity contribution in [3.63, 3.8) is 0 Å². The number of carbonyl (C=O) groups is 1. The van der Waals surface area contributed by atoms with Crippen molar-refractivity contribution in [1.29, 1.82) is 0 Å². The Morgan fingerprint density at radius 1 is 0.944 bits per heavy atom. The van der Waals surface area contributed by atoms with Crippen molar-refractivity contribution in [3.05, 3.63) is 83.7 Å². The standard InChI is InChI=1S/C28H28N4O3S/c1-19-6-8-22(17-25(19)27-11-7-21-18-29-13-12-26(21)31-27)30-28(33)24-10-9-23(16-20(24)2)32-14-4-3-5-15-36(32,34)35/h6-13,16-18H,3-5,14-15H2,1-2H3,(H,30,33). The van der Waals surface area contributed by atoms with Crippen LogP contribution in [0.2, 0.25) is 0 Å². The molecule has 0 atom stereocenters. The Bertz CT molecular complexity index is 1570. The van der Waals surface area contributed by atoms with Gasteiger partial charge in [0.2, 0.25) is 10.0 Å². The molecule has 1 aliphatic rings. The van der Waals surface area contributed by atoms with Crippen LogP contribution in [0.1, 0.15) is 40.7 Å². The monoisotopic (exact) mass is 500 g/mol. The molecule has 0 aliphatic carbocycles. The van der Waals surface area contributed by atoms with Gasteiger partial charge in [0.05, 0.1) is 22.7 Å². The molecule has 0 spiro atoms. The molecular weight excluding hydrogens is 472 g/mol. The Kier molecular flexibility index (Phi) is 6.45. The molecule has 1 saturated heterocycles. The average molecular weight is 501 g/mol. The van der Waals surface area contributed by atoms with Crippen LogP contribution < -0.4 is 9.62 Å². The van der Waals surface area contributed by atoms with Crippen molar-refractivity contribution in [2.75, 3.05) is 21.9 Å². The molecule has 0 bridgehead atoms. The van der Waals surface area contributed by atoms with Crippen LogP contribution in [0, 0.1) is 13.8 Å². The molecule has 1 aliphatic heterocycles. The van der Waals surface area contributed by atoms with Gasteiger partial charge in [-0.25, -0.2) is 13.4 Å². The maximum Gasteiger partial charge on any atom is 0.255 e. The number of aryl methyl sites for hydroxylation is 2. The van der Waals surface area contributed by atoms with Gasteiger partial charge < -0.3 is 5.32 Å². The summed E-state index contributed by atoms with van der Waals surface area (Å²) in [7, 11) is -3.34. The van der Waals surface area contributed by atoms with E-state index in [2.05, 4.69) is 10.3 Å². The maximum absolute atomic E-state index is 13.1. The molecule has 5 rings (SSSR count). The van der Waals surface area contributed by atoms with Crippen LogP contribution in [0.25, 0.3) is 22.2 Å². The topological polar surface area (TPSA) is 92.3 Å². The van der Waals surface area contributed by atoms with E-state index in [4.69, 9.17) is 4.98 Å². The molecule has 4 aromatic rings. The zero-order chi connectivity index (χ0) is 25.3. The zero-order valence-electron chi connectivity index (χ0n) is 20.4. The molecular formula is C28H28N4O3S. The Balaban J connectivity index is 1.39. The molecule has 8 heteroatoms. The van der Waals surface area contributed by atoms with Crippen LogP contribution in [0.5, 0.6) is 0 Å². The first-order valence-electron chi connectivity index (χ1n) is 12.1. The summed E-state index contributed by atoms with van der Waals surface area (Å²) in [4.78, 5) is 22.1. The number of sulfonamides is 1. The van der Waals surface area contributed by atoms with E-state index < -0.39 is 10.0 Å². The van der Waals surface area contributed by atoms with Crippen LogP contribution in [0.3, 0.4) is 0 Å². The lowest BCUT2D eigenvalue weighted by molar-refractivity contribution is 0.102. The SMILES string of the molecule is Cc1cc(N2CCCCCS2(=O)=O)ccc1C(=O)Nc1ccc(C)c(-c2ccc3cnccc3n2)c1. The third-order valence-corrected chi connectivity index (χ3v) is 8.47. The van der Waals surface area contributed by atoms with E-state index in [0.717, 1.165) is 46.1 Å². The molecule has 7 nitrogen and oxygen atoms in total. The maximum atomic E-state index is 13.1. The number of anilines is 2. The number of amides is 1. The number of hydrogen-bond acceptors (Lipinski definition) is 5. The van der Waals surface area contributed by atoms with Crippen LogP contribution in [0.4, 0.5) is 11.4 Å². The number of rotatable bonds is 4. The van der Waals surface area contributed by atoms with Gasteiger partial charge in [0.1, 0.15) is 0 Å². The Labute approximate surface area is 211 Å². The number of pyridine rings is 2. The smallest absolute Gasteiger partial charge is 0.255 e. The van der Waals surface area contributed by atoms with Gasteiger partial charge in [-0.05, 0) is 86.3 Å². The van der Waals surface area contributed by atoms with E-state index in [1.165, 1.54) is 4.31 Å². The van der Waals surface area contributed by atoms with Gasteiger partial charge in [-0.1, -0.05) is 12.5 Å². The summed E-state index contributed by atoms with van der Waals surface area (Å²) in [6, 6.07) is 16.8. The lowest BCUT2D eigenvalue weighted by Crippen LogP contribution is -2.32. The lowest BCUT2D eigenvalue weighted by atomic mass is 10.0. The zero-order valence-corrected chi connectivity index (χ0v) is 21.2. The highest BCUT2D eigenvalue weighted by molar-refractivity contribution is 7.92. The van der Waals surface area contributed by atoms with E-state index in [0.29, 0.717) is 29.9 Å². The molecule has 1 N–H and O–H groups in total. The molecule has 0 saturated carbocycles. The van der Waals surface area contributed by atoms with Gasteiger partial charge >= 0.3 is 0 Å². The number of benzene rings is 2. The summed E-state index contributed by atoms with van der Waals surface area (Å²) >= 11 is 0. The highest BCUT2D eigenvalue weighted by Crippen LogP contribution is 2.29. The van der Waals surface area contributed by atoms with Crippen molar-refractivity contribution >= 4 is 38.2 Å². The predicted molar refractivity (Wildman–Crippen MR) is 144 cm³/mol. The van der Waals surface area contributed by atoms with Gasteiger partial charge in [-0.15, -0.1) is 0 Å². The molecule has 2 aromatic carbocycles. The quantitative estimate of drug-likeness (QED) is 0.400. The van der Waals surface area contributed by atoms with Crippen molar-refractivity contribution in [2.24, 2.45) is 0 Å². The van der Waals surface area contributed by atoms with E-state index in [1.54, 1.807) is 30.6 Å². The second-order valence-electron chi connectivity index (χ2n) is 9.20. The Morgan fingerprint density at radius 3 is 2.64 bits per heavy atom. The third kappa shape index (κ3) is 4.81. The number of nitrogens with zero attached hydrogens (tertiary/aromatic N) is 3. The fourth-order valence-corrected chi connectivity index (χ4v) is 6.23. The summed E-state index contributed by atoms with van der Waals surface area (Å²) in [6.07, 6.45) is 5.92. The van der Waals surface area contributed by atoms with Crippen molar-refractivity contribution in [1.82, 2.24) is 9.97 Å². The summed E-state index contributed by atoms with van der Waals surface area (Å²) in [5, 5.41) is 3.96. The van der Waals surface area contributed by atoms with Gasteiger partial charge in [0, 0.05) is 41.1 Å². The van der Waals surface area contributed by atoms with Crippen LogP contribution >= 0.6 is 0 Å². The minimum absolute atomic E-state index is 0.160. The number of fused-ring (bicyclic) bond motifs is 1. The second kappa shape index (κ2) is 9.70. The minimum atomic E-state index is -3.34. The van der Waals surface area contributed by atoms with Crippen molar-refractivity contribution < 1.29 is 13.2 Å². The van der Waals surface area contributed by atoms with Crippen LogP contribution in [0.15, 0.2) is 67.0 Å². The third-order valence-electron chi connectivity index (χ3n) is 6.60. The number of nitrogens with one attached hydrogen (secondary N) is 1. The summed E-state index contributed by atoms with van der Waals surface area (Å²) in [6.45, 7) is 4.31. The predicted octanol–water partition coefficient (Wildman–Crippen LogP) is 5.49. The summed E-state index contributed by atoms with van der Waals surface area (Å²) < 4.78 is 26.8. The molecule has 36 heavy (non-hydrogen) atoms. The van der Waals surface area contributed by atoms with E-state index in [9.17, 15) is 13.2 Å². The van der Waals surface area contributed by atoms with Gasteiger partial charge in [-0.2, -0.15) is 0 Å². The Hall–Kier alpha value is -3.78. The summed E-state index contributed by atoms with van der Waals surface area (Å²) in [5.41, 5.74) is 6.17. The lowest BCUT2D eigenvalue weighted by Gasteiger charge is -2.23. The molecule has 3 heterocycles. The fourth-order valence-electron chi connectivity index (χ4n) is 4.60. The fraction of sp³-hybridized carbons (Fsp3) is 0.250. The minimum Gasteiger partial charge on any atom is -0.322 e. The largest absolute Gasteiger partial charge is 0.322 e.